The normalized spacial score (nSPS) is 16.8. The van der Waals surface area contributed by atoms with Crippen LogP contribution in [0.2, 0.25) is 0 Å². The third-order valence-electron chi connectivity index (χ3n) is 3.49. The highest BCUT2D eigenvalue weighted by molar-refractivity contribution is 6.05. The molecule has 0 aliphatic carbocycles. The molecule has 1 heterocycles. The molecule has 1 aliphatic rings. The van der Waals surface area contributed by atoms with Gasteiger partial charge >= 0.3 is 0 Å². The van der Waals surface area contributed by atoms with Gasteiger partial charge in [0.25, 0.3) is 0 Å². The van der Waals surface area contributed by atoms with Gasteiger partial charge in [-0.05, 0) is 56.8 Å². The van der Waals surface area contributed by atoms with Gasteiger partial charge in [0.2, 0.25) is 5.91 Å². The van der Waals surface area contributed by atoms with Crippen LogP contribution in [0.5, 0.6) is 0 Å². The molecule has 0 radical (unpaired) electrons. The van der Waals surface area contributed by atoms with Crippen LogP contribution in [-0.4, -0.2) is 12.5 Å². The summed E-state index contributed by atoms with van der Waals surface area (Å²) in [5.41, 5.74) is 8.46. The van der Waals surface area contributed by atoms with Crippen molar-refractivity contribution in [3.05, 3.63) is 29.3 Å². The molecule has 0 unspecified atom stereocenters. The minimum Gasteiger partial charge on any atom is -0.330 e. The monoisotopic (exact) mass is 232 g/mol. The molecule has 1 amide bonds. The van der Waals surface area contributed by atoms with Crippen molar-refractivity contribution in [2.24, 2.45) is 5.73 Å². The molecule has 17 heavy (non-hydrogen) atoms. The number of amides is 1. The van der Waals surface area contributed by atoms with E-state index < -0.39 is 5.41 Å². The van der Waals surface area contributed by atoms with Crippen molar-refractivity contribution in [3.8, 4) is 0 Å². The number of rotatable bonds is 4. The second-order valence-corrected chi connectivity index (χ2v) is 5.20. The van der Waals surface area contributed by atoms with E-state index in [1.807, 2.05) is 19.9 Å². The van der Waals surface area contributed by atoms with Crippen LogP contribution in [-0.2, 0) is 16.6 Å². The van der Waals surface area contributed by atoms with Gasteiger partial charge in [-0.25, -0.2) is 0 Å². The Hall–Kier alpha value is -1.35. The van der Waals surface area contributed by atoms with E-state index >= 15 is 0 Å². The van der Waals surface area contributed by atoms with E-state index in [2.05, 4.69) is 17.4 Å². The van der Waals surface area contributed by atoms with E-state index in [0.717, 1.165) is 37.1 Å². The first-order chi connectivity index (χ1) is 8.05. The Bertz CT molecular complexity index is 438. The second-order valence-electron chi connectivity index (χ2n) is 5.20. The van der Waals surface area contributed by atoms with Gasteiger partial charge in [-0.2, -0.15) is 0 Å². The summed E-state index contributed by atoms with van der Waals surface area (Å²) in [6, 6.07) is 6.26. The quantitative estimate of drug-likeness (QED) is 0.782. The first kappa shape index (κ1) is 12.1. The minimum absolute atomic E-state index is 0.0895. The fourth-order valence-electron chi connectivity index (χ4n) is 2.25. The number of anilines is 1. The first-order valence-electron chi connectivity index (χ1n) is 6.20. The highest BCUT2D eigenvalue weighted by atomic mass is 16.2. The molecule has 0 bridgehead atoms. The molecule has 3 heteroatoms. The maximum absolute atomic E-state index is 11.8. The standard InChI is InChI=1S/C14H20N2O/c1-14(2)11-9-10(5-3-4-8-15)6-7-12(11)16-13(14)17/h6-7,9H,3-5,8,15H2,1-2H3,(H,16,17). The lowest BCUT2D eigenvalue weighted by atomic mass is 9.85. The third kappa shape index (κ3) is 2.20. The average molecular weight is 232 g/mol. The summed E-state index contributed by atoms with van der Waals surface area (Å²) in [7, 11) is 0. The number of nitrogens with two attached hydrogens (primary N) is 1. The fourth-order valence-corrected chi connectivity index (χ4v) is 2.25. The predicted molar refractivity (Wildman–Crippen MR) is 70.1 cm³/mol. The Kier molecular flexibility index (Phi) is 3.20. The van der Waals surface area contributed by atoms with E-state index in [0.29, 0.717) is 0 Å². The molecule has 0 aromatic heterocycles. The smallest absolute Gasteiger partial charge is 0.234 e. The number of hydrogen-bond donors (Lipinski definition) is 2. The summed E-state index contributed by atoms with van der Waals surface area (Å²) in [6.07, 6.45) is 3.20. The lowest BCUT2D eigenvalue weighted by Gasteiger charge is -2.15. The lowest BCUT2D eigenvalue weighted by Crippen LogP contribution is -2.26. The summed E-state index contributed by atoms with van der Waals surface area (Å²) >= 11 is 0. The van der Waals surface area contributed by atoms with Crippen LogP contribution in [0.15, 0.2) is 18.2 Å². The van der Waals surface area contributed by atoms with Crippen molar-refractivity contribution in [2.75, 3.05) is 11.9 Å². The molecular formula is C14H20N2O. The van der Waals surface area contributed by atoms with Gasteiger partial charge in [-0.15, -0.1) is 0 Å². The number of nitrogens with one attached hydrogen (secondary N) is 1. The molecule has 2 rings (SSSR count). The van der Waals surface area contributed by atoms with Crippen LogP contribution in [0.25, 0.3) is 0 Å². The average Bonchev–Trinajstić information content (AvgIpc) is 2.51. The molecular weight excluding hydrogens is 212 g/mol. The predicted octanol–water partition coefficient (Wildman–Crippen LogP) is 2.20. The Labute approximate surface area is 102 Å². The van der Waals surface area contributed by atoms with Crippen LogP contribution in [0.4, 0.5) is 5.69 Å². The van der Waals surface area contributed by atoms with Gasteiger partial charge in [0.05, 0.1) is 5.41 Å². The fraction of sp³-hybridized carbons (Fsp3) is 0.500. The summed E-state index contributed by atoms with van der Waals surface area (Å²) in [5.74, 6) is 0.0895. The molecule has 0 saturated carbocycles. The van der Waals surface area contributed by atoms with Gasteiger partial charge in [0.1, 0.15) is 0 Å². The van der Waals surface area contributed by atoms with Crippen molar-refractivity contribution >= 4 is 11.6 Å². The number of hydrogen-bond acceptors (Lipinski definition) is 2. The Morgan fingerprint density at radius 3 is 2.76 bits per heavy atom. The largest absolute Gasteiger partial charge is 0.330 e. The number of carbonyl (C=O) groups is 1. The van der Waals surface area contributed by atoms with Gasteiger partial charge in [-0.1, -0.05) is 12.1 Å². The highest BCUT2D eigenvalue weighted by Gasteiger charge is 2.38. The van der Waals surface area contributed by atoms with Gasteiger partial charge < -0.3 is 11.1 Å². The van der Waals surface area contributed by atoms with Crippen molar-refractivity contribution in [1.29, 1.82) is 0 Å². The number of unbranched alkanes of at least 4 members (excludes halogenated alkanes) is 1. The number of carbonyl (C=O) groups excluding carboxylic acids is 1. The van der Waals surface area contributed by atoms with Crippen molar-refractivity contribution in [3.63, 3.8) is 0 Å². The molecule has 1 aromatic carbocycles. The molecule has 1 aliphatic heterocycles. The van der Waals surface area contributed by atoms with E-state index in [1.54, 1.807) is 0 Å². The molecule has 0 atom stereocenters. The molecule has 0 saturated heterocycles. The summed E-state index contributed by atoms with van der Waals surface area (Å²) in [5, 5.41) is 2.92. The minimum atomic E-state index is -0.404. The SMILES string of the molecule is CC1(C)C(=O)Nc2ccc(CCCCN)cc21. The summed E-state index contributed by atoms with van der Waals surface area (Å²) < 4.78 is 0. The zero-order valence-electron chi connectivity index (χ0n) is 10.5. The first-order valence-corrected chi connectivity index (χ1v) is 6.20. The molecule has 92 valence electrons. The molecule has 1 aromatic rings. The molecule has 3 N–H and O–H groups in total. The lowest BCUT2D eigenvalue weighted by molar-refractivity contribution is -0.119. The van der Waals surface area contributed by atoms with E-state index in [-0.39, 0.29) is 5.91 Å². The third-order valence-corrected chi connectivity index (χ3v) is 3.49. The highest BCUT2D eigenvalue weighted by Crippen LogP contribution is 2.37. The van der Waals surface area contributed by atoms with Crippen molar-refractivity contribution in [1.82, 2.24) is 0 Å². The summed E-state index contributed by atoms with van der Waals surface area (Å²) in [6.45, 7) is 4.69. The van der Waals surface area contributed by atoms with Crippen molar-refractivity contribution in [2.45, 2.75) is 38.5 Å². The number of aryl methyl sites for hydroxylation is 1. The van der Waals surface area contributed by atoms with Crippen LogP contribution in [0.1, 0.15) is 37.8 Å². The van der Waals surface area contributed by atoms with Gasteiger partial charge in [-0.3, -0.25) is 4.79 Å². The Morgan fingerprint density at radius 2 is 2.06 bits per heavy atom. The van der Waals surface area contributed by atoms with Crippen LogP contribution >= 0.6 is 0 Å². The number of benzene rings is 1. The Balaban J connectivity index is 2.20. The van der Waals surface area contributed by atoms with Crippen LogP contribution in [0, 0.1) is 0 Å². The van der Waals surface area contributed by atoms with Gasteiger partial charge in [0.15, 0.2) is 0 Å². The zero-order chi connectivity index (χ0) is 12.5. The second kappa shape index (κ2) is 4.49. The van der Waals surface area contributed by atoms with Crippen molar-refractivity contribution < 1.29 is 4.79 Å². The topological polar surface area (TPSA) is 55.1 Å². The molecule has 0 fully saturated rings. The number of fused-ring (bicyclic) bond motifs is 1. The maximum Gasteiger partial charge on any atom is 0.234 e. The van der Waals surface area contributed by atoms with E-state index in [1.165, 1.54) is 5.56 Å². The summed E-state index contributed by atoms with van der Waals surface area (Å²) in [4.78, 5) is 11.8. The van der Waals surface area contributed by atoms with Gasteiger partial charge in [0, 0.05) is 5.69 Å². The van der Waals surface area contributed by atoms with E-state index in [9.17, 15) is 4.79 Å². The zero-order valence-corrected chi connectivity index (χ0v) is 10.5. The molecule has 3 nitrogen and oxygen atoms in total. The van der Waals surface area contributed by atoms with Crippen LogP contribution in [0.3, 0.4) is 0 Å². The van der Waals surface area contributed by atoms with Crippen LogP contribution < -0.4 is 11.1 Å². The Morgan fingerprint density at radius 1 is 1.29 bits per heavy atom. The maximum atomic E-state index is 11.8. The van der Waals surface area contributed by atoms with E-state index in [4.69, 9.17) is 5.73 Å². The molecule has 0 spiro atoms.